The van der Waals surface area contributed by atoms with Gasteiger partial charge in [0.25, 0.3) is 5.56 Å². The van der Waals surface area contributed by atoms with Gasteiger partial charge in [-0.3, -0.25) is 14.2 Å². The van der Waals surface area contributed by atoms with Crippen molar-refractivity contribution in [3.8, 4) is 11.5 Å². The lowest BCUT2D eigenvalue weighted by Gasteiger charge is -2.14. The van der Waals surface area contributed by atoms with Crippen molar-refractivity contribution in [2.75, 3.05) is 18.5 Å². The lowest BCUT2D eigenvalue weighted by molar-refractivity contribution is -0.116. The number of aromatic nitrogens is 2. The summed E-state index contributed by atoms with van der Waals surface area (Å²) in [7, 11) is 0. The van der Waals surface area contributed by atoms with Crippen LogP contribution >= 0.6 is 0 Å². The molecule has 0 atom stereocenters. The Hall–Kier alpha value is -3.35. The first kappa shape index (κ1) is 18.4. The van der Waals surface area contributed by atoms with Crippen LogP contribution in [0, 0.1) is 0 Å². The molecular formula is C20H21N3O4. The minimum absolute atomic E-state index is 0.152. The van der Waals surface area contributed by atoms with Crippen molar-refractivity contribution in [1.82, 2.24) is 9.55 Å². The lowest BCUT2D eigenvalue weighted by Crippen LogP contribution is -2.28. The first-order valence-electron chi connectivity index (χ1n) is 8.76. The van der Waals surface area contributed by atoms with Crippen LogP contribution in [-0.4, -0.2) is 28.7 Å². The summed E-state index contributed by atoms with van der Waals surface area (Å²) in [6.07, 6.45) is 1.38. The number of hydrogen-bond donors (Lipinski definition) is 1. The van der Waals surface area contributed by atoms with E-state index < -0.39 is 0 Å². The zero-order valence-corrected chi connectivity index (χ0v) is 15.3. The molecule has 7 nitrogen and oxygen atoms in total. The molecular weight excluding hydrogens is 346 g/mol. The number of nitrogens with one attached hydrogen (secondary N) is 1. The molecule has 0 fully saturated rings. The monoisotopic (exact) mass is 367 g/mol. The molecule has 2 aromatic carbocycles. The Morgan fingerprint density at radius 1 is 1.11 bits per heavy atom. The van der Waals surface area contributed by atoms with E-state index in [4.69, 9.17) is 9.47 Å². The smallest absolute Gasteiger partial charge is 0.261 e. The molecule has 27 heavy (non-hydrogen) atoms. The Morgan fingerprint density at radius 2 is 1.89 bits per heavy atom. The van der Waals surface area contributed by atoms with Crippen molar-refractivity contribution in [2.45, 2.75) is 20.4 Å². The van der Waals surface area contributed by atoms with Gasteiger partial charge < -0.3 is 14.8 Å². The van der Waals surface area contributed by atoms with Crippen molar-refractivity contribution in [1.29, 1.82) is 0 Å². The SMILES string of the molecule is CCOc1ccc(OCC)c(NC(=O)Cn2cnc3ccccc3c2=O)c1. The minimum atomic E-state index is -0.358. The summed E-state index contributed by atoms with van der Waals surface area (Å²) < 4.78 is 12.3. The summed E-state index contributed by atoms with van der Waals surface area (Å²) in [6, 6.07) is 12.3. The zero-order chi connectivity index (χ0) is 19.2. The fourth-order valence-corrected chi connectivity index (χ4v) is 2.71. The van der Waals surface area contributed by atoms with E-state index in [0.717, 1.165) is 0 Å². The molecule has 0 spiro atoms. The van der Waals surface area contributed by atoms with Gasteiger partial charge in [0.2, 0.25) is 5.91 Å². The summed E-state index contributed by atoms with van der Waals surface area (Å²) >= 11 is 0. The number of carbonyl (C=O) groups is 1. The van der Waals surface area contributed by atoms with Crippen LogP contribution in [0.1, 0.15) is 13.8 Å². The number of para-hydroxylation sites is 1. The molecule has 0 aliphatic heterocycles. The number of carbonyl (C=O) groups excluding carboxylic acids is 1. The van der Waals surface area contributed by atoms with Crippen molar-refractivity contribution in [3.63, 3.8) is 0 Å². The second-order valence-corrected chi connectivity index (χ2v) is 5.77. The molecule has 140 valence electrons. The standard InChI is InChI=1S/C20H21N3O4/c1-3-26-14-9-10-18(27-4-2)17(11-14)22-19(24)12-23-13-21-16-8-6-5-7-15(16)20(23)25/h5-11,13H,3-4,12H2,1-2H3,(H,22,24). The van der Waals surface area contributed by atoms with Gasteiger partial charge in [0.15, 0.2) is 0 Å². The molecule has 0 saturated heterocycles. The van der Waals surface area contributed by atoms with Gasteiger partial charge in [0.1, 0.15) is 18.0 Å². The molecule has 0 saturated carbocycles. The van der Waals surface area contributed by atoms with Crippen LogP contribution in [0.4, 0.5) is 5.69 Å². The van der Waals surface area contributed by atoms with Gasteiger partial charge in [-0.25, -0.2) is 4.98 Å². The summed E-state index contributed by atoms with van der Waals surface area (Å²) in [4.78, 5) is 29.3. The number of benzene rings is 2. The summed E-state index contributed by atoms with van der Waals surface area (Å²) in [6.45, 7) is 4.57. The quantitative estimate of drug-likeness (QED) is 0.694. The maximum Gasteiger partial charge on any atom is 0.261 e. The van der Waals surface area contributed by atoms with Crippen LogP contribution < -0.4 is 20.3 Å². The first-order valence-corrected chi connectivity index (χ1v) is 8.76. The van der Waals surface area contributed by atoms with Gasteiger partial charge in [0.05, 0.1) is 36.1 Å². The number of fused-ring (bicyclic) bond motifs is 1. The minimum Gasteiger partial charge on any atom is -0.494 e. The van der Waals surface area contributed by atoms with Crippen molar-refractivity contribution in [2.24, 2.45) is 0 Å². The average molecular weight is 367 g/mol. The Labute approximate surface area is 156 Å². The van der Waals surface area contributed by atoms with E-state index in [1.54, 1.807) is 36.4 Å². The van der Waals surface area contributed by atoms with Crippen LogP contribution in [0.3, 0.4) is 0 Å². The number of ether oxygens (including phenoxy) is 2. The van der Waals surface area contributed by atoms with Gasteiger partial charge in [-0.1, -0.05) is 12.1 Å². The summed E-state index contributed by atoms with van der Waals surface area (Å²) in [5, 5.41) is 3.26. The molecule has 1 heterocycles. The van der Waals surface area contributed by atoms with E-state index in [2.05, 4.69) is 10.3 Å². The molecule has 1 amide bonds. The van der Waals surface area contributed by atoms with Gasteiger partial charge in [-0.15, -0.1) is 0 Å². The normalized spacial score (nSPS) is 10.6. The van der Waals surface area contributed by atoms with Crippen molar-refractivity contribution in [3.05, 3.63) is 59.1 Å². The summed E-state index contributed by atoms with van der Waals surface area (Å²) in [5.41, 5.74) is 0.834. The molecule has 0 aliphatic rings. The third kappa shape index (κ3) is 4.25. The van der Waals surface area contributed by atoms with Gasteiger partial charge in [0, 0.05) is 6.07 Å². The second-order valence-electron chi connectivity index (χ2n) is 5.77. The molecule has 3 aromatic rings. The van der Waals surface area contributed by atoms with E-state index >= 15 is 0 Å². The predicted octanol–water partition coefficient (Wildman–Crippen LogP) is 2.83. The van der Waals surface area contributed by atoms with Crippen LogP contribution in [0.5, 0.6) is 11.5 Å². The fraction of sp³-hybridized carbons (Fsp3) is 0.250. The number of hydrogen-bond acceptors (Lipinski definition) is 5. The molecule has 3 rings (SSSR count). The Bertz CT molecular complexity index is 1010. The van der Waals surface area contributed by atoms with E-state index in [1.807, 2.05) is 19.9 Å². The highest BCUT2D eigenvalue weighted by atomic mass is 16.5. The lowest BCUT2D eigenvalue weighted by atomic mass is 10.2. The van der Waals surface area contributed by atoms with E-state index in [9.17, 15) is 9.59 Å². The maximum atomic E-state index is 12.5. The highest BCUT2D eigenvalue weighted by Gasteiger charge is 2.12. The van der Waals surface area contributed by atoms with Gasteiger partial charge >= 0.3 is 0 Å². The second kappa shape index (κ2) is 8.35. The topological polar surface area (TPSA) is 82.4 Å². The van der Waals surface area contributed by atoms with Crippen LogP contribution in [0.2, 0.25) is 0 Å². The largest absolute Gasteiger partial charge is 0.494 e. The molecule has 1 aromatic heterocycles. The number of rotatable bonds is 7. The molecule has 0 aliphatic carbocycles. The van der Waals surface area contributed by atoms with Gasteiger partial charge in [-0.05, 0) is 38.1 Å². The van der Waals surface area contributed by atoms with E-state index in [1.165, 1.54) is 10.9 Å². The average Bonchev–Trinajstić information content (AvgIpc) is 2.67. The molecule has 0 unspecified atom stereocenters. The number of anilines is 1. The Kier molecular flexibility index (Phi) is 5.71. The number of amides is 1. The van der Waals surface area contributed by atoms with E-state index in [-0.39, 0.29) is 18.0 Å². The summed E-state index contributed by atoms with van der Waals surface area (Å²) in [5.74, 6) is 0.808. The molecule has 7 heteroatoms. The van der Waals surface area contributed by atoms with Crippen molar-refractivity contribution >= 4 is 22.5 Å². The molecule has 1 N–H and O–H groups in total. The van der Waals surface area contributed by atoms with E-state index in [0.29, 0.717) is 41.3 Å². The molecule has 0 radical (unpaired) electrons. The molecule has 0 bridgehead atoms. The predicted molar refractivity (Wildman–Crippen MR) is 103 cm³/mol. The van der Waals surface area contributed by atoms with Crippen LogP contribution in [0.25, 0.3) is 10.9 Å². The van der Waals surface area contributed by atoms with Gasteiger partial charge in [-0.2, -0.15) is 0 Å². The third-order valence-corrected chi connectivity index (χ3v) is 3.88. The van der Waals surface area contributed by atoms with Crippen LogP contribution in [-0.2, 0) is 11.3 Å². The fourth-order valence-electron chi connectivity index (χ4n) is 2.71. The Balaban J connectivity index is 1.82. The zero-order valence-electron chi connectivity index (χ0n) is 15.3. The van der Waals surface area contributed by atoms with Crippen molar-refractivity contribution < 1.29 is 14.3 Å². The highest BCUT2D eigenvalue weighted by Crippen LogP contribution is 2.29. The number of nitrogens with zero attached hydrogens (tertiary/aromatic N) is 2. The Morgan fingerprint density at radius 3 is 2.67 bits per heavy atom. The third-order valence-electron chi connectivity index (χ3n) is 3.88. The first-order chi connectivity index (χ1) is 13.1. The highest BCUT2D eigenvalue weighted by molar-refractivity contribution is 5.92. The van der Waals surface area contributed by atoms with Crippen LogP contribution in [0.15, 0.2) is 53.6 Å². The maximum absolute atomic E-state index is 12.5.